The number of hydrogen-bond acceptors (Lipinski definition) is 2. The number of carbonyl (C=O) groups excluding carboxylic acids is 1. The van der Waals surface area contributed by atoms with E-state index in [-0.39, 0.29) is 0 Å². The molecule has 5 nitrogen and oxygen atoms in total. The molecule has 21 heavy (non-hydrogen) atoms. The Morgan fingerprint density at radius 2 is 1.62 bits per heavy atom. The highest BCUT2D eigenvalue weighted by Crippen LogP contribution is 2.16. The fraction of sp³-hybridized carbons (Fsp3) is 0.125. The molecular formula is C16H16N2O3. The van der Waals surface area contributed by atoms with Gasteiger partial charge in [-0.1, -0.05) is 48.0 Å². The molecule has 0 aliphatic carbocycles. The summed E-state index contributed by atoms with van der Waals surface area (Å²) in [4.78, 5) is 23.2. The monoisotopic (exact) mass is 284 g/mol. The SMILES string of the molecule is Cc1ccc(NC(=O)C(NC(=O)O)c2ccccc2)cc1. The third-order valence-corrected chi connectivity index (χ3v) is 2.98. The second-order valence-electron chi connectivity index (χ2n) is 4.65. The van der Waals surface area contributed by atoms with Crippen molar-refractivity contribution in [3.8, 4) is 0 Å². The molecule has 0 saturated heterocycles. The normalized spacial score (nSPS) is 11.5. The van der Waals surface area contributed by atoms with Crippen LogP contribution in [-0.2, 0) is 4.79 Å². The van der Waals surface area contributed by atoms with Crippen molar-refractivity contribution in [3.63, 3.8) is 0 Å². The van der Waals surface area contributed by atoms with Gasteiger partial charge in [-0.3, -0.25) is 4.79 Å². The largest absolute Gasteiger partial charge is 0.465 e. The van der Waals surface area contributed by atoms with Crippen molar-refractivity contribution in [1.29, 1.82) is 0 Å². The molecule has 0 radical (unpaired) electrons. The van der Waals surface area contributed by atoms with Crippen molar-refractivity contribution < 1.29 is 14.7 Å². The fourth-order valence-corrected chi connectivity index (χ4v) is 1.92. The lowest BCUT2D eigenvalue weighted by atomic mass is 10.1. The van der Waals surface area contributed by atoms with Crippen molar-refractivity contribution >= 4 is 17.7 Å². The van der Waals surface area contributed by atoms with Gasteiger partial charge in [0.25, 0.3) is 5.91 Å². The molecule has 0 saturated carbocycles. The van der Waals surface area contributed by atoms with Crippen LogP contribution in [0, 0.1) is 6.92 Å². The van der Waals surface area contributed by atoms with E-state index >= 15 is 0 Å². The molecule has 0 aliphatic heterocycles. The second-order valence-corrected chi connectivity index (χ2v) is 4.65. The first kappa shape index (κ1) is 14.6. The highest BCUT2D eigenvalue weighted by molar-refractivity contribution is 5.97. The average molecular weight is 284 g/mol. The quantitative estimate of drug-likeness (QED) is 0.807. The first-order valence-electron chi connectivity index (χ1n) is 6.48. The van der Waals surface area contributed by atoms with Crippen LogP contribution in [0.4, 0.5) is 10.5 Å². The molecule has 5 heteroatoms. The first-order valence-corrected chi connectivity index (χ1v) is 6.48. The van der Waals surface area contributed by atoms with E-state index in [0.29, 0.717) is 11.3 Å². The number of carboxylic acid groups (broad SMARTS) is 1. The molecule has 2 rings (SSSR count). The van der Waals surface area contributed by atoms with Crippen LogP contribution in [0.1, 0.15) is 17.2 Å². The number of aryl methyl sites for hydroxylation is 1. The van der Waals surface area contributed by atoms with Crippen LogP contribution in [0.3, 0.4) is 0 Å². The lowest BCUT2D eigenvalue weighted by Gasteiger charge is -2.17. The van der Waals surface area contributed by atoms with Crippen LogP contribution in [0.5, 0.6) is 0 Å². The van der Waals surface area contributed by atoms with Crippen LogP contribution in [0.25, 0.3) is 0 Å². The standard InChI is InChI=1S/C16H16N2O3/c1-11-7-9-13(10-8-11)17-15(19)14(18-16(20)21)12-5-3-2-4-6-12/h2-10,14,18H,1H3,(H,17,19)(H,20,21). The summed E-state index contributed by atoms with van der Waals surface area (Å²) in [5, 5.41) is 13.8. The first-order chi connectivity index (χ1) is 10.1. The number of benzene rings is 2. The van der Waals surface area contributed by atoms with Gasteiger partial charge in [0.1, 0.15) is 6.04 Å². The molecule has 0 spiro atoms. The molecule has 2 aromatic carbocycles. The minimum atomic E-state index is -1.25. The Bertz CT molecular complexity index is 624. The van der Waals surface area contributed by atoms with Gasteiger partial charge in [-0.2, -0.15) is 0 Å². The Kier molecular flexibility index (Phi) is 4.56. The minimum absolute atomic E-state index is 0.424. The van der Waals surface area contributed by atoms with E-state index < -0.39 is 18.0 Å². The number of hydrogen-bond donors (Lipinski definition) is 3. The summed E-state index contributed by atoms with van der Waals surface area (Å²) in [6.07, 6.45) is -1.25. The van der Waals surface area contributed by atoms with Gasteiger partial charge in [-0.15, -0.1) is 0 Å². The summed E-state index contributed by atoms with van der Waals surface area (Å²) in [5.41, 5.74) is 2.29. The number of rotatable bonds is 4. The van der Waals surface area contributed by atoms with E-state index in [1.165, 1.54) is 0 Å². The Balaban J connectivity index is 2.18. The van der Waals surface area contributed by atoms with E-state index in [0.717, 1.165) is 5.56 Å². The molecule has 0 aromatic heterocycles. The van der Waals surface area contributed by atoms with Crippen LogP contribution in [-0.4, -0.2) is 17.1 Å². The predicted octanol–water partition coefficient (Wildman–Crippen LogP) is 2.94. The van der Waals surface area contributed by atoms with Crippen molar-refractivity contribution in [2.45, 2.75) is 13.0 Å². The zero-order chi connectivity index (χ0) is 15.2. The zero-order valence-corrected chi connectivity index (χ0v) is 11.5. The molecule has 3 N–H and O–H groups in total. The number of carbonyl (C=O) groups is 2. The molecule has 2 aromatic rings. The topological polar surface area (TPSA) is 78.4 Å². The van der Waals surface area contributed by atoms with Gasteiger partial charge in [-0.25, -0.2) is 4.79 Å². The molecule has 0 bridgehead atoms. The third kappa shape index (κ3) is 4.07. The summed E-state index contributed by atoms with van der Waals surface area (Å²) in [7, 11) is 0. The maximum Gasteiger partial charge on any atom is 0.405 e. The van der Waals surface area contributed by atoms with Gasteiger partial charge in [0.15, 0.2) is 0 Å². The molecular weight excluding hydrogens is 268 g/mol. The van der Waals surface area contributed by atoms with E-state index in [9.17, 15) is 9.59 Å². The molecule has 0 aliphatic rings. The summed E-state index contributed by atoms with van der Waals surface area (Å²) in [5.74, 6) is -0.424. The predicted molar refractivity (Wildman–Crippen MR) is 80.2 cm³/mol. The van der Waals surface area contributed by atoms with Crippen molar-refractivity contribution in [2.24, 2.45) is 0 Å². The average Bonchev–Trinajstić information content (AvgIpc) is 2.48. The highest BCUT2D eigenvalue weighted by Gasteiger charge is 2.22. The van der Waals surface area contributed by atoms with E-state index in [1.54, 1.807) is 42.5 Å². The Hall–Kier alpha value is -2.82. The van der Waals surface area contributed by atoms with Gasteiger partial charge in [-0.05, 0) is 24.6 Å². The lowest BCUT2D eigenvalue weighted by Crippen LogP contribution is -2.36. The van der Waals surface area contributed by atoms with Gasteiger partial charge in [0.05, 0.1) is 0 Å². The van der Waals surface area contributed by atoms with E-state index in [1.807, 2.05) is 19.1 Å². The molecule has 108 valence electrons. The Morgan fingerprint density at radius 3 is 2.19 bits per heavy atom. The summed E-state index contributed by atoms with van der Waals surface area (Å²) in [6.45, 7) is 1.95. The number of anilines is 1. The molecule has 0 heterocycles. The molecule has 1 unspecified atom stereocenters. The Labute approximate surface area is 122 Å². The number of nitrogens with one attached hydrogen (secondary N) is 2. The van der Waals surface area contributed by atoms with Gasteiger partial charge >= 0.3 is 6.09 Å². The maximum atomic E-state index is 12.3. The van der Waals surface area contributed by atoms with Gasteiger partial charge in [0, 0.05) is 5.69 Å². The molecule has 2 amide bonds. The summed E-state index contributed by atoms with van der Waals surface area (Å²) in [6, 6.07) is 15.1. The minimum Gasteiger partial charge on any atom is -0.465 e. The van der Waals surface area contributed by atoms with Crippen LogP contribution in [0.2, 0.25) is 0 Å². The fourth-order valence-electron chi connectivity index (χ4n) is 1.92. The lowest BCUT2D eigenvalue weighted by molar-refractivity contribution is -0.118. The summed E-state index contributed by atoms with van der Waals surface area (Å²) >= 11 is 0. The zero-order valence-electron chi connectivity index (χ0n) is 11.5. The van der Waals surface area contributed by atoms with Crippen LogP contribution >= 0.6 is 0 Å². The van der Waals surface area contributed by atoms with E-state index in [4.69, 9.17) is 5.11 Å². The third-order valence-electron chi connectivity index (χ3n) is 2.98. The van der Waals surface area contributed by atoms with Gasteiger partial charge < -0.3 is 15.7 Å². The van der Waals surface area contributed by atoms with Crippen molar-refractivity contribution in [1.82, 2.24) is 5.32 Å². The summed E-state index contributed by atoms with van der Waals surface area (Å²) < 4.78 is 0. The van der Waals surface area contributed by atoms with Crippen molar-refractivity contribution in [2.75, 3.05) is 5.32 Å². The highest BCUT2D eigenvalue weighted by atomic mass is 16.4. The van der Waals surface area contributed by atoms with Crippen LogP contribution < -0.4 is 10.6 Å². The molecule has 1 atom stereocenters. The van der Waals surface area contributed by atoms with Crippen molar-refractivity contribution in [3.05, 3.63) is 65.7 Å². The Morgan fingerprint density at radius 1 is 1.00 bits per heavy atom. The second kappa shape index (κ2) is 6.56. The van der Waals surface area contributed by atoms with E-state index in [2.05, 4.69) is 10.6 Å². The smallest absolute Gasteiger partial charge is 0.405 e. The molecule has 0 fully saturated rings. The number of amides is 2. The maximum absolute atomic E-state index is 12.3. The van der Waals surface area contributed by atoms with Gasteiger partial charge in [0.2, 0.25) is 0 Å². The van der Waals surface area contributed by atoms with Crippen LogP contribution in [0.15, 0.2) is 54.6 Å².